The Morgan fingerprint density at radius 1 is 1.02 bits per heavy atom. The van der Waals surface area contributed by atoms with Crippen molar-refractivity contribution in [3.05, 3.63) is 60.7 Å². The van der Waals surface area contributed by atoms with Crippen LogP contribution in [0.3, 0.4) is 0 Å². The minimum absolute atomic E-state index is 0.0491. The molecule has 2 fully saturated rings. The third-order valence-electron chi connectivity index (χ3n) is 7.77. The van der Waals surface area contributed by atoms with E-state index in [2.05, 4.69) is 27.6 Å². The molecule has 236 valence electrons. The van der Waals surface area contributed by atoms with E-state index < -0.39 is 11.4 Å². The van der Waals surface area contributed by atoms with Crippen LogP contribution in [0.2, 0.25) is 0 Å². The molecule has 1 aromatic carbocycles. The van der Waals surface area contributed by atoms with Crippen LogP contribution in [0.5, 0.6) is 11.5 Å². The maximum Gasteiger partial charge on any atom is 0.410 e. The molecule has 2 aliphatic rings. The minimum atomic E-state index is -0.585. The molecule has 1 aliphatic carbocycles. The number of thiophene rings is 1. The summed E-state index contributed by atoms with van der Waals surface area (Å²) in [7, 11) is 2.06. The van der Waals surface area contributed by atoms with Crippen molar-refractivity contribution in [1.29, 1.82) is 0 Å². The predicted molar refractivity (Wildman–Crippen MR) is 174 cm³/mol. The third kappa shape index (κ3) is 7.44. The Morgan fingerprint density at radius 3 is 2.47 bits per heavy atom. The molecule has 6 rings (SSSR count). The number of urea groups is 1. The number of aromatic nitrogens is 2. The Labute approximate surface area is 265 Å². The van der Waals surface area contributed by atoms with Gasteiger partial charge in [-0.1, -0.05) is 0 Å². The number of anilines is 2. The van der Waals surface area contributed by atoms with Gasteiger partial charge in [0.15, 0.2) is 11.6 Å². The summed E-state index contributed by atoms with van der Waals surface area (Å²) in [5.41, 5.74) is 2.36. The van der Waals surface area contributed by atoms with Gasteiger partial charge >= 0.3 is 12.1 Å². The number of hydrogen-bond donors (Lipinski definition) is 2. The van der Waals surface area contributed by atoms with E-state index in [4.69, 9.17) is 14.5 Å². The fraction of sp³-hybridized carbons (Fsp3) is 0.394. The highest BCUT2D eigenvalue weighted by Gasteiger charge is 2.29. The molecule has 1 saturated carbocycles. The highest BCUT2D eigenvalue weighted by molar-refractivity contribution is 7.22. The van der Waals surface area contributed by atoms with Gasteiger partial charge in [0.1, 0.15) is 11.4 Å². The number of benzene rings is 1. The summed E-state index contributed by atoms with van der Waals surface area (Å²) in [4.78, 5) is 38.6. The molecule has 0 atom stereocenters. The molecular weight excluding hydrogens is 595 g/mol. The van der Waals surface area contributed by atoms with Gasteiger partial charge in [-0.25, -0.2) is 14.0 Å². The van der Waals surface area contributed by atoms with Crippen molar-refractivity contribution >= 4 is 45.1 Å². The summed E-state index contributed by atoms with van der Waals surface area (Å²) in [5.74, 6) is -0.0534. The monoisotopic (exact) mass is 632 g/mol. The quantitative estimate of drug-likeness (QED) is 0.218. The summed E-state index contributed by atoms with van der Waals surface area (Å²) in [6, 6.07) is 12.2. The Morgan fingerprint density at radius 2 is 1.80 bits per heavy atom. The molecule has 3 amide bonds. The van der Waals surface area contributed by atoms with E-state index in [1.807, 2.05) is 45.2 Å². The zero-order chi connectivity index (χ0) is 31.7. The number of amides is 3. The molecular formula is C33H37FN6O4S. The normalized spacial score (nSPS) is 15.5. The highest BCUT2D eigenvalue weighted by Crippen LogP contribution is 2.39. The van der Waals surface area contributed by atoms with Gasteiger partial charge in [-0.15, -0.1) is 11.3 Å². The summed E-state index contributed by atoms with van der Waals surface area (Å²) < 4.78 is 27.2. The Hall–Kier alpha value is -4.45. The second-order valence-electron chi connectivity index (χ2n) is 12.5. The average Bonchev–Trinajstić information content (AvgIpc) is 3.70. The SMILES string of the molecule is CN(c1ccc(-c2cc3nccc(Oc4ccc(NC(=O)NC5CC5)cc4F)c3s2)nc1)C1CCN(C(=O)OC(C)(C)C)CC1. The largest absolute Gasteiger partial charge is 0.453 e. The summed E-state index contributed by atoms with van der Waals surface area (Å²) in [5, 5.41) is 5.47. The molecule has 0 spiro atoms. The molecule has 3 aromatic heterocycles. The molecule has 2 N–H and O–H groups in total. The first kappa shape index (κ1) is 30.6. The zero-order valence-corrected chi connectivity index (χ0v) is 26.6. The lowest BCUT2D eigenvalue weighted by Crippen LogP contribution is -2.47. The van der Waals surface area contributed by atoms with Crippen LogP contribution in [0, 0.1) is 5.82 Å². The first-order valence-electron chi connectivity index (χ1n) is 15.1. The van der Waals surface area contributed by atoms with Crippen LogP contribution < -0.4 is 20.3 Å². The summed E-state index contributed by atoms with van der Waals surface area (Å²) in [6.07, 6.45) is 6.86. The number of carbonyl (C=O) groups excluding carboxylic acids is 2. The second-order valence-corrected chi connectivity index (χ2v) is 13.5. The second kappa shape index (κ2) is 12.5. The molecule has 1 aliphatic heterocycles. The van der Waals surface area contributed by atoms with Crippen LogP contribution in [0.15, 0.2) is 54.9 Å². The third-order valence-corrected chi connectivity index (χ3v) is 8.93. The van der Waals surface area contributed by atoms with E-state index in [1.165, 1.54) is 23.5 Å². The van der Waals surface area contributed by atoms with Gasteiger partial charge < -0.3 is 29.9 Å². The van der Waals surface area contributed by atoms with E-state index in [0.717, 1.165) is 52.2 Å². The molecule has 4 aromatic rings. The van der Waals surface area contributed by atoms with Crippen molar-refractivity contribution < 1.29 is 23.5 Å². The Balaban J connectivity index is 1.10. The molecule has 0 bridgehead atoms. The topological polar surface area (TPSA) is 109 Å². The number of nitrogens with zero attached hydrogens (tertiary/aromatic N) is 4. The number of nitrogens with one attached hydrogen (secondary N) is 2. The van der Waals surface area contributed by atoms with E-state index in [-0.39, 0.29) is 30.0 Å². The Bertz CT molecular complexity index is 1690. The molecule has 0 unspecified atom stereocenters. The van der Waals surface area contributed by atoms with Crippen LogP contribution in [0.1, 0.15) is 46.5 Å². The van der Waals surface area contributed by atoms with Crippen molar-refractivity contribution in [2.45, 2.75) is 64.1 Å². The summed E-state index contributed by atoms with van der Waals surface area (Å²) in [6.45, 7) is 6.94. The zero-order valence-electron chi connectivity index (χ0n) is 25.8. The van der Waals surface area contributed by atoms with Gasteiger partial charge in [-0.05, 0) is 76.8 Å². The lowest BCUT2D eigenvalue weighted by Gasteiger charge is -2.38. The van der Waals surface area contributed by atoms with Gasteiger partial charge in [0.25, 0.3) is 0 Å². The fourth-order valence-electron chi connectivity index (χ4n) is 5.19. The molecule has 1 saturated heterocycles. The number of hydrogen-bond acceptors (Lipinski definition) is 8. The van der Waals surface area contributed by atoms with Crippen LogP contribution in [-0.2, 0) is 4.74 Å². The van der Waals surface area contributed by atoms with Crippen molar-refractivity contribution in [1.82, 2.24) is 20.2 Å². The number of piperidine rings is 1. The van der Waals surface area contributed by atoms with Gasteiger partial charge in [0, 0.05) is 56.2 Å². The highest BCUT2D eigenvalue weighted by atomic mass is 32.1. The number of fused-ring (bicyclic) bond motifs is 1. The molecule has 4 heterocycles. The van der Waals surface area contributed by atoms with Crippen molar-refractivity contribution in [3.8, 4) is 22.1 Å². The summed E-state index contributed by atoms with van der Waals surface area (Å²) >= 11 is 1.47. The maximum absolute atomic E-state index is 14.9. The van der Waals surface area contributed by atoms with E-state index in [1.54, 1.807) is 23.2 Å². The van der Waals surface area contributed by atoms with E-state index in [0.29, 0.717) is 24.5 Å². The van der Waals surface area contributed by atoms with Crippen LogP contribution in [-0.4, -0.2) is 64.8 Å². The molecule has 45 heavy (non-hydrogen) atoms. The number of pyridine rings is 2. The molecule has 12 heteroatoms. The number of ether oxygens (including phenoxy) is 2. The van der Waals surface area contributed by atoms with Crippen molar-refractivity contribution in [2.24, 2.45) is 0 Å². The van der Waals surface area contributed by atoms with E-state index >= 15 is 0 Å². The first-order valence-corrected chi connectivity index (χ1v) is 15.9. The van der Waals surface area contributed by atoms with Gasteiger partial charge in [-0.2, -0.15) is 0 Å². The predicted octanol–water partition coefficient (Wildman–Crippen LogP) is 7.41. The van der Waals surface area contributed by atoms with Crippen LogP contribution in [0.4, 0.5) is 25.4 Å². The average molecular weight is 633 g/mol. The van der Waals surface area contributed by atoms with Crippen LogP contribution in [0.25, 0.3) is 20.8 Å². The lowest BCUT2D eigenvalue weighted by atomic mass is 10.0. The lowest BCUT2D eigenvalue weighted by molar-refractivity contribution is 0.0205. The smallest absolute Gasteiger partial charge is 0.410 e. The van der Waals surface area contributed by atoms with Gasteiger partial charge in [0.2, 0.25) is 0 Å². The number of carbonyl (C=O) groups is 2. The van der Waals surface area contributed by atoms with Gasteiger partial charge in [0.05, 0.1) is 32.7 Å². The number of rotatable bonds is 7. The van der Waals surface area contributed by atoms with Crippen molar-refractivity contribution in [3.63, 3.8) is 0 Å². The maximum atomic E-state index is 14.9. The van der Waals surface area contributed by atoms with E-state index in [9.17, 15) is 14.0 Å². The fourth-order valence-corrected chi connectivity index (χ4v) is 6.24. The molecule has 10 nitrogen and oxygen atoms in total. The van der Waals surface area contributed by atoms with Crippen LogP contribution >= 0.6 is 11.3 Å². The minimum Gasteiger partial charge on any atom is -0.453 e. The van der Waals surface area contributed by atoms with Gasteiger partial charge in [-0.3, -0.25) is 9.97 Å². The number of likely N-dealkylation sites (tertiary alicyclic amines) is 1. The standard InChI is InChI=1S/C33H37FN6O4S/c1-33(2,3)44-32(42)40-15-12-22(13-16-40)39(4)23-8-9-25(36-19-23)29-18-26-30(45-29)28(11-14-35-26)43-27-10-7-21(17-24(27)34)38-31(41)37-20-5-6-20/h7-11,14,17-20,22H,5-6,12-13,15-16H2,1-4H3,(H2,37,38,41). The molecule has 0 radical (unpaired) electrons. The van der Waals surface area contributed by atoms with Crippen molar-refractivity contribution in [2.75, 3.05) is 30.4 Å². The number of halogens is 1. The first-order chi connectivity index (χ1) is 21.5. The Kier molecular flexibility index (Phi) is 8.50.